The molecule has 0 aliphatic rings. The zero-order valence-corrected chi connectivity index (χ0v) is 10.9. The Kier molecular flexibility index (Phi) is 4.13. The molecule has 7 heteroatoms. The van der Waals surface area contributed by atoms with E-state index in [1.54, 1.807) is 30.3 Å². The largest absolute Gasteiger partial charge is 0.465 e. The number of halogens is 1. The zero-order chi connectivity index (χ0) is 15.4. The molecule has 21 heavy (non-hydrogen) atoms. The van der Waals surface area contributed by atoms with Gasteiger partial charge in [0.05, 0.1) is 23.7 Å². The zero-order valence-electron chi connectivity index (χ0n) is 10.9. The van der Waals surface area contributed by atoms with Crippen LogP contribution in [0, 0.1) is 15.9 Å². The van der Waals surface area contributed by atoms with Gasteiger partial charge in [-0.2, -0.15) is 0 Å². The van der Waals surface area contributed by atoms with Gasteiger partial charge in [-0.25, -0.2) is 9.18 Å². The second-order valence-corrected chi connectivity index (χ2v) is 3.96. The number of nitro groups is 1. The van der Waals surface area contributed by atoms with Crippen LogP contribution in [-0.2, 0) is 4.74 Å². The van der Waals surface area contributed by atoms with Crippen molar-refractivity contribution in [2.24, 2.45) is 0 Å². The quantitative estimate of drug-likeness (QED) is 0.490. The lowest BCUT2D eigenvalue weighted by molar-refractivity contribution is -0.385. The molecule has 0 aliphatic carbocycles. The molecule has 0 saturated heterocycles. The fourth-order valence-corrected chi connectivity index (χ4v) is 1.65. The van der Waals surface area contributed by atoms with Gasteiger partial charge in [-0.05, 0) is 12.1 Å². The van der Waals surface area contributed by atoms with E-state index in [-0.39, 0.29) is 5.75 Å². The third-order valence-corrected chi connectivity index (χ3v) is 2.62. The molecule has 0 atom stereocenters. The molecule has 0 bridgehead atoms. The Labute approximate surface area is 118 Å². The molecule has 2 aromatic rings. The molecule has 0 N–H and O–H groups in total. The molecule has 0 unspecified atom stereocenters. The van der Waals surface area contributed by atoms with Crippen molar-refractivity contribution in [3.05, 3.63) is 64.0 Å². The Hall–Kier alpha value is -2.96. The summed E-state index contributed by atoms with van der Waals surface area (Å²) in [7, 11) is 1.08. The molecular weight excluding hydrogens is 281 g/mol. The van der Waals surface area contributed by atoms with Gasteiger partial charge in [0, 0.05) is 6.07 Å². The third-order valence-electron chi connectivity index (χ3n) is 2.62. The van der Waals surface area contributed by atoms with Gasteiger partial charge in [0.2, 0.25) is 5.75 Å². The molecule has 0 heterocycles. The van der Waals surface area contributed by atoms with E-state index >= 15 is 0 Å². The highest BCUT2D eigenvalue weighted by Crippen LogP contribution is 2.33. The first kappa shape index (κ1) is 14.4. The van der Waals surface area contributed by atoms with E-state index in [0.29, 0.717) is 11.8 Å². The van der Waals surface area contributed by atoms with Crippen LogP contribution in [0.15, 0.2) is 42.5 Å². The van der Waals surface area contributed by atoms with Crippen LogP contribution < -0.4 is 4.74 Å². The number of nitro benzene ring substituents is 1. The Bertz CT molecular complexity index is 687. The fourth-order valence-electron chi connectivity index (χ4n) is 1.65. The maximum absolute atomic E-state index is 13.7. The minimum absolute atomic E-state index is 0.243. The molecular formula is C14H10FNO5. The van der Waals surface area contributed by atoms with Crippen LogP contribution >= 0.6 is 0 Å². The third kappa shape index (κ3) is 3.14. The first-order valence-corrected chi connectivity index (χ1v) is 5.82. The van der Waals surface area contributed by atoms with Crippen molar-refractivity contribution in [2.45, 2.75) is 0 Å². The monoisotopic (exact) mass is 291 g/mol. The molecule has 108 valence electrons. The van der Waals surface area contributed by atoms with Gasteiger partial charge in [0.25, 0.3) is 0 Å². The highest BCUT2D eigenvalue weighted by molar-refractivity contribution is 5.90. The normalized spacial score (nSPS) is 10.0. The summed E-state index contributed by atoms with van der Waals surface area (Å²) in [6.07, 6.45) is 0. The topological polar surface area (TPSA) is 78.7 Å². The van der Waals surface area contributed by atoms with Crippen LogP contribution in [-0.4, -0.2) is 18.0 Å². The van der Waals surface area contributed by atoms with E-state index in [0.717, 1.165) is 13.2 Å². The van der Waals surface area contributed by atoms with Crippen molar-refractivity contribution in [3.63, 3.8) is 0 Å². The van der Waals surface area contributed by atoms with Crippen molar-refractivity contribution >= 4 is 11.7 Å². The molecule has 0 amide bonds. The first-order chi connectivity index (χ1) is 10.0. The predicted molar refractivity (Wildman–Crippen MR) is 70.9 cm³/mol. The molecule has 0 aliphatic heterocycles. The van der Waals surface area contributed by atoms with E-state index in [9.17, 15) is 19.3 Å². The summed E-state index contributed by atoms with van der Waals surface area (Å²) >= 11 is 0. The molecule has 0 radical (unpaired) electrons. The van der Waals surface area contributed by atoms with Crippen LogP contribution in [0.5, 0.6) is 11.5 Å². The number of methoxy groups -OCH3 is 1. The van der Waals surface area contributed by atoms with Crippen molar-refractivity contribution in [2.75, 3.05) is 7.11 Å². The highest BCUT2D eigenvalue weighted by atomic mass is 19.1. The minimum Gasteiger partial charge on any atom is -0.465 e. The summed E-state index contributed by atoms with van der Waals surface area (Å²) in [5.41, 5.74) is -1.02. The van der Waals surface area contributed by atoms with Crippen LogP contribution in [0.2, 0.25) is 0 Å². The van der Waals surface area contributed by atoms with E-state index < -0.39 is 28.0 Å². The molecule has 0 saturated carbocycles. The van der Waals surface area contributed by atoms with Crippen molar-refractivity contribution in [3.8, 4) is 11.5 Å². The summed E-state index contributed by atoms with van der Waals surface area (Å²) in [6, 6.07) is 9.82. The van der Waals surface area contributed by atoms with Gasteiger partial charge >= 0.3 is 11.7 Å². The van der Waals surface area contributed by atoms with Crippen LogP contribution in [0.4, 0.5) is 10.1 Å². The van der Waals surface area contributed by atoms with Gasteiger partial charge < -0.3 is 9.47 Å². The number of hydrogen-bond donors (Lipinski definition) is 0. The molecule has 6 nitrogen and oxygen atoms in total. The smallest absolute Gasteiger partial charge is 0.340 e. The van der Waals surface area contributed by atoms with Gasteiger partial charge in [-0.15, -0.1) is 0 Å². The van der Waals surface area contributed by atoms with Crippen molar-refractivity contribution in [1.29, 1.82) is 0 Å². The molecule has 0 aromatic heterocycles. The second kappa shape index (κ2) is 6.00. The number of carbonyl (C=O) groups is 1. The minimum atomic E-state index is -1.05. The van der Waals surface area contributed by atoms with Gasteiger partial charge in [-0.1, -0.05) is 18.2 Å². The number of benzene rings is 2. The Morgan fingerprint density at radius 3 is 2.48 bits per heavy atom. The Balaban J connectivity index is 2.51. The van der Waals surface area contributed by atoms with E-state index in [4.69, 9.17) is 4.74 Å². The first-order valence-electron chi connectivity index (χ1n) is 5.82. The molecule has 0 spiro atoms. The maximum Gasteiger partial charge on any atom is 0.340 e. The molecule has 2 rings (SSSR count). The fraction of sp³-hybridized carbons (Fsp3) is 0.0714. The van der Waals surface area contributed by atoms with Gasteiger partial charge in [-0.3, -0.25) is 10.1 Å². The van der Waals surface area contributed by atoms with E-state index in [1.807, 2.05) is 0 Å². The predicted octanol–water partition coefficient (Wildman–Crippen LogP) is 3.31. The molecule has 0 fully saturated rings. The molecule has 2 aromatic carbocycles. The average Bonchev–Trinajstić information content (AvgIpc) is 2.48. The van der Waals surface area contributed by atoms with Crippen LogP contribution in [0.1, 0.15) is 10.4 Å². The van der Waals surface area contributed by atoms with Crippen molar-refractivity contribution in [1.82, 2.24) is 0 Å². The van der Waals surface area contributed by atoms with Crippen molar-refractivity contribution < 1.29 is 23.6 Å². The maximum atomic E-state index is 13.7. The van der Waals surface area contributed by atoms with Crippen LogP contribution in [0.25, 0.3) is 0 Å². The van der Waals surface area contributed by atoms with Crippen LogP contribution in [0.3, 0.4) is 0 Å². The number of nitrogens with zero attached hydrogens (tertiary/aromatic N) is 1. The lowest BCUT2D eigenvalue weighted by Crippen LogP contribution is -2.06. The number of ether oxygens (including phenoxy) is 2. The number of para-hydroxylation sites is 1. The summed E-state index contributed by atoms with van der Waals surface area (Å²) in [5, 5.41) is 11.0. The van der Waals surface area contributed by atoms with E-state index in [2.05, 4.69) is 4.74 Å². The lowest BCUT2D eigenvalue weighted by atomic mass is 10.1. The van der Waals surface area contributed by atoms with E-state index in [1.165, 1.54) is 0 Å². The number of rotatable bonds is 4. The average molecular weight is 291 g/mol. The SMILES string of the molecule is COC(=O)c1cc(Oc2ccccc2)c([N+](=O)[O-])cc1F. The number of esters is 1. The summed E-state index contributed by atoms with van der Waals surface area (Å²) in [5.74, 6) is -1.91. The number of hydrogen-bond acceptors (Lipinski definition) is 5. The van der Waals surface area contributed by atoms with Gasteiger partial charge in [0.15, 0.2) is 0 Å². The van der Waals surface area contributed by atoms with Gasteiger partial charge in [0.1, 0.15) is 11.6 Å². The highest BCUT2D eigenvalue weighted by Gasteiger charge is 2.24. The Morgan fingerprint density at radius 2 is 1.90 bits per heavy atom. The summed E-state index contributed by atoms with van der Waals surface area (Å²) in [4.78, 5) is 21.6. The Morgan fingerprint density at radius 1 is 1.24 bits per heavy atom. The summed E-state index contributed by atoms with van der Waals surface area (Å²) in [6.45, 7) is 0. The lowest BCUT2D eigenvalue weighted by Gasteiger charge is -2.08. The number of carbonyl (C=O) groups excluding carboxylic acids is 1. The summed E-state index contributed by atoms with van der Waals surface area (Å²) < 4.78 is 23.5. The standard InChI is InChI=1S/C14H10FNO5/c1-20-14(17)10-7-13(12(16(18)19)8-11(10)15)21-9-5-3-2-4-6-9/h2-8H,1H3. The second-order valence-electron chi connectivity index (χ2n) is 3.96.